The number of aromatic nitrogens is 2. The van der Waals surface area contributed by atoms with Gasteiger partial charge < -0.3 is 15.7 Å². The van der Waals surface area contributed by atoms with Gasteiger partial charge in [0.05, 0.1) is 16.9 Å². The van der Waals surface area contributed by atoms with Crippen molar-refractivity contribution in [2.75, 3.05) is 18.0 Å². The summed E-state index contributed by atoms with van der Waals surface area (Å²) in [6, 6.07) is 0. The highest BCUT2D eigenvalue weighted by atomic mass is 32.1. The van der Waals surface area contributed by atoms with Crippen LogP contribution in [-0.2, 0) is 0 Å². The van der Waals surface area contributed by atoms with Gasteiger partial charge in [-0.05, 0) is 32.8 Å². The zero-order valence-corrected chi connectivity index (χ0v) is 11.7. The van der Waals surface area contributed by atoms with E-state index in [9.17, 15) is 5.11 Å². The van der Waals surface area contributed by atoms with Gasteiger partial charge in [-0.15, -0.1) is 5.10 Å². The lowest BCUT2D eigenvalue weighted by atomic mass is 10.1. The van der Waals surface area contributed by atoms with E-state index in [2.05, 4.69) is 10.2 Å². The van der Waals surface area contributed by atoms with Gasteiger partial charge in [0.1, 0.15) is 4.99 Å². The van der Waals surface area contributed by atoms with Crippen molar-refractivity contribution < 1.29 is 5.11 Å². The van der Waals surface area contributed by atoms with Gasteiger partial charge in [0, 0.05) is 13.1 Å². The molecule has 0 bridgehead atoms. The van der Waals surface area contributed by atoms with Crippen molar-refractivity contribution in [2.24, 2.45) is 5.73 Å². The van der Waals surface area contributed by atoms with Crippen molar-refractivity contribution >= 4 is 23.0 Å². The smallest absolute Gasteiger partial charge is 0.161 e. The third-order valence-electron chi connectivity index (χ3n) is 3.43. The summed E-state index contributed by atoms with van der Waals surface area (Å²) >= 11 is 5.11. The standard InChI is InChI=1S/C12H18N4OS/c1-7-8(2)14-15-11(9(7)10(13)18)16-5-4-12(3,17)6-16/h17H,4-6H2,1-3H3,(H2,13,18). The van der Waals surface area contributed by atoms with Gasteiger partial charge in [-0.2, -0.15) is 5.10 Å². The lowest BCUT2D eigenvalue weighted by Crippen LogP contribution is -2.32. The van der Waals surface area contributed by atoms with Crippen LogP contribution in [0.3, 0.4) is 0 Å². The second kappa shape index (κ2) is 4.44. The first-order valence-corrected chi connectivity index (χ1v) is 6.34. The average molecular weight is 266 g/mol. The molecule has 1 aromatic rings. The SMILES string of the molecule is Cc1nnc(N2CCC(C)(O)C2)c(C(N)=S)c1C. The van der Waals surface area contributed by atoms with Gasteiger partial charge in [0.25, 0.3) is 0 Å². The van der Waals surface area contributed by atoms with Crippen molar-refractivity contribution in [1.82, 2.24) is 10.2 Å². The number of nitrogens with zero attached hydrogens (tertiary/aromatic N) is 3. The number of aliphatic hydroxyl groups is 1. The van der Waals surface area contributed by atoms with E-state index < -0.39 is 5.60 Å². The Hall–Kier alpha value is -1.27. The molecule has 0 saturated carbocycles. The van der Waals surface area contributed by atoms with E-state index in [1.807, 2.05) is 25.7 Å². The zero-order valence-electron chi connectivity index (χ0n) is 10.9. The van der Waals surface area contributed by atoms with Gasteiger partial charge in [-0.1, -0.05) is 12.2 Å². The fourth-order valence-corrected chi connectivity index (χ4v) is 2.48. The molecule has 0 radical (unpaired) electrons. The molecule has 1 atom stereocenters. The van der Waals surface area contributed by atoms with Gasteiger partial charge >= 0.3 is 0 Å². The predicted octanol–water partition coefficient (Wildman–Crippen LogP) is 0.689. The van der Waals surface area contributed by atoms with Crippen LogP contribution in [0.15, 0.2) is 0 Å². The number of hydrogen-bond donors (Lipinski definition) is 2. The molecule has 0 amide bonds. The molecule has 2 heterocycles. The fraction of sp³-hybridized carbons (Fsp3) is 0.583. The van der Waals surface area contributed by atoms with E-state index in [0.717, 1.165) is 23.4 Å². The topological polar surface area (TPSA) is 75.3 Å². The Labute approximate surface area is 112 Å². The molecule has 1 saturated heterocycles. The van der Waals surface area contributed by atoms with Crippen LogP contribution in [-0.4, -0.2) is 39.0 Å². The highest BCUT2D eigenvalue weighted by Gasteiger charge is 2.34. The Balaban J connectivity index is 2.46. The Morgan fingerprint density at radius 3 is 2.61 bits per heavy atom. The van der Waals surface area contributed by atoms with Crippen molar-refractivity contribution in [3.63, 3.8) is 0 Å². The summed E-state index contributed by atoms with van der Waals surface area (Å²) in [4.78, 5) is 2.32. The lowest BCUT2D eigenvalue weighted by molar-refractivity contribution is 0.0839. The molecule has 3 N–H and O–H groups in total. The highest BCUT2D eigenvalue weighted by Crippen LogP contribution is 2.29. The van der Waals surface area contributed by atoms with Gasteiger partial charge in [-0.3, -0.25) is 0 Å². The predicted molar refractivity (Wildman–Crippen MR) is 74.8 cm³/mol. The molecular formula is C12H18N4OS. The maximum absolute atomic E-state index is 10.0. The van der Waals surface area contributed by atoms with Gasteiger partial charge in [0.2, 0.25) is 0 Å². The minimum absolute atomic E-state index is 0.326. The van der Waals surface area contributed by atoms with Crippen LogP contribution in [0.1, 0.15) is 30.2 Å². The third-order valence-corrected chi connectivity index (χ3v) is 3.64. The first kappa shape index (κ1) is 13.2. The van der Waals surface area contributed by atoms with E-state index in [0.29, 0.717) is 23.8 Å². The van der Waals surface area contributed by atoms with E-state index in [4.69, 9.17) is 18.0 Å². The Morgan fingerprint density at radius 1 is 1.44 bits per heavy atom. The zero-order chi connectivity index (χ0) is 13.5. The number of aryl methyl sites for hydroxylation is 1. The summed E-state index contributed by atoms with van der Waals surface area (Å²) in [7, 11) is 0. The molecule has 1 aliphatic heterocycles. The largest absolute Gasteiger partial charge is 0.389 e. The van der Waals surface area contributed by atoms with Crippen LogP contribution in [0.5, 0.6) is 0 Å². The molecule has 5 nitrogen and oxygen atoms in total. The van der Waals surface area contributed by atoms with Crippen molar-refractivity contribution in [3.8, 4) is 0 Å². The summed E-state index contributed by atoms with van der Waals surface area (Å²) in [5, 5.41) is 18.4. The first-order chi connectivity index (χ1) is 8.32. The number of anilines is 1. The van der Waals surface area contributed by atoms with E-state index in [1.165, 1.54) is 0 Å². The van der Waals surface area contributed by atoms with Crippen molar-refractivity contribution in [2.45, 2.75) is 32.8 Å². The van der Waals surface area contributed by atoms with Gasteiger partial charge in [-0.25, -0.2) is 0 Å². The quantitative estimate of drug-likeness (QED) is 0.767. The van der Waals surface area contributed by atoms with E-state index >= 15 is 0 Å². The molecule has 18 heavy (non-hydrogen) atoms. The summed E-state index contributed by atoms with van der Waals surface area (Å²) in [5.74, 6) is 0.684. The molecule has 98 valence electrons. The summed E-state index contributed by atoms with van der Waals surface area (Å²) < 4.78 is 0. The minimum atomic E-state index is -0.687. The number of β-amino-alcohol motifs (C(OH)–C–C–N with tert-alkyl or cyclic N) is 1. The third kappa shape index (κ3) is 2.30. The number of nitrogens with two attached hydrogens (primary N) is 1. The molecule has 6 heteroatoms. The van der Waals surface area contributed by atoms with Crippen LogP contribution < -0.4 is 10.6 Å². The van der Waals surface area contributed by atoms with E-state index in [1.54, 1.807) is 0 Å². The second-order valence-corrected chi connectivity index (χ2v) is 5.58. The monoisotopic (exact) mass is 266 g/mol. The summed E-state index contributed by atoms with van der Waals surface area (Å²) in [6.45, 7) is 6.91. The van der Waals surface area contributed by atoms with Crippen molar-refractivity contribution in [1.29, 1.82) is 0 Å². The Kier molecular flexibility index (Phi) is 3.25. The maximum Gasteiger partial charge on any atom is 0.161 e. The van der Waals surface area contributed by atoms with Crippen LogP contribution in [0.4, 0.5) is 5.82 Å². The number of thiocarbonyl (C=S) groups is 1. The Morgan fingerprint density at radius 2 is 2.11 bits per heavy atom. The molecule has 0 aliphatic carbocycles. The molecule has 0 spiro atoms. The van der Waals surface area contributed by atoms with Crippen LogP contribution >= 0.6 is 12.2 Å². The number of rotatable bonds is 2. The molecule has 2 rings (SSSR count). The normalized spacial score (nSPS) is 23.4. The van der Waals surface area contributed by atoms with Crippen molar-refractivity contribution in [3.05, 3.63) is 16.8 Å². The van der Waals surface area contributed by atoms with Crippen LogP contribution in [0.25, 0.3) is 0 Å². The average Bonchev–Trinajstić information content (AvgIpc) is 2.62. The Bertz CT molecular complexity index is 501. The van der Waals surface area contributed by atoms with Crippen LogP contribution in [0, 0.1) is 13.8 Å². The summed E-state index contributed by atoms with van der Waals surface area (Å²) in [5.41, 5.74) is 7.66. The maximum atomic E-state index is 10.0. The highest BCUT2D eigenvalue weighted by molar-refractivity contribution is 7.80. The molecule has 1 aliphatic rings. The summed E-state index contributed by atoms with van der Waals surface area (Å²) in [6.07, 6.45) is 0.707. The van der Waals surface area contributed by atoms with Gasteiger partial charge in [0.15, 0.2) is 5.82 Å². The molecule has 0 aromatic carbocycles. The van der Waals surface area contributed by atoms with Crippen LogP contribution in [0.2, 0.25) is 0 Å². The lowest BCUT2D eigenvalue weighted by Gasteiger charge is -2.22. The first-order valence-electron chi connectivity index (χ1n) is 5.93. The second-order valence-electron chi connectivity index (χ2n) is 5.14. The molecule has 1 unspecified atom stereocenters. The molecule has 1 fully saturated rings. The van der Waals surface area contributed by atoms with E-state index in [-0.39, 0.29) is 0 Å². The molecule has 1 aromatic heterocycles. The minimum Gasteiger partial charge on any atom is -0.389 e. The fourth-order valence-electron chi connectivity index (χ4n) is 2.24. The number of hydrogen-bond acceptors (Lipinski definition) is 5. The molecular weight excluding hydrogens is 248 g/mol.